The molecule has 0 heterocycles. The summed E-state index contributed by atoms with van der Waals surface area (Å²) >= 11 is 6.35. The van der Waals surface area contributed by atoms with Gasteiger partial charge >= 0.3 is 0 Å². The largest absolute Gasteiger partial charge is 0.354 e. The third-order valence-electron chi connectivity index (χ3n) is 5.77. The van der Waals surface area contributed by atoms with Crippen LogP contribution >= 0.6 is 11.6 Å². The van der Waals surface area contributed by atoms with E-state index >= 15 is 0 Å². The van der Waals surface area contributed by atoms with Crippen molar-refractivity contribution in [3.8, 4) is 0 Å². The predicted molar refractivity (Wildman–Crippen MR) is 142 cm³/mol. The molecule has 1 N–H and O–H groups in total. The molecule has 0 radical (unpaired) electrons. The summed E-state index contributed by atoms with van der Waals surface area (Å²) in [5.41, 5.74) is 2.19. The Morgan fingerprint density at radius 2 is 1.71 bits per heavy atom. The maximum absolute atomic E-state index is 13.4. The summed E-state index contributed by atoms with van der Waals surface area (Å²) in [6.07, 6.45) is 2.81. The summed E-state index contributed by atoms with van der Waals surface area (Å²) in [6.45, 7) is 6.58. The maximum atomic E-state index is 13.4. The van der Waals surface area contributed by atoms with Crippen LogP contribution in [-0.4, -0.2) is 50.5 Å². The zero-order chi connectivity index (χ0) is 26.0. The van der Waals surface area contributed by atoms with Crippen LogP contribution in [-0.2, 0) is 26.2 Å². The number of nitrogens with zero attached hydrogens (tertiary/aromatic N) is 2. The van der Waals surface area contributed by atoms with E-state index in [-0.39, 0.29) is 31.3 Å². The first-order valence-electron chi connectivity index (χ1n) is 11.9. The van der Waals surface area contributed by atoms with Crippen LogP contribution in [0.4, 0.5) is 5.69 Å². The van der Waals surface area contributed by atoms with Crippen molar-refractivity contribution >= 4 is 39.1 Å². The first kappa shape index (κ1) is 28.7. The molecule has 2 aromatic carbocycles. The molecule has 2 aromatic rings. The molecule has 0 saturated heterocycles. The highest BCUT2D eigenvalue weighted by Gasteiger charge is 2.29. The lowest BCUT2D eigenvalue weighted by Gasteiger charge is -2.31. The maximum Gasteiger partial charge on any atom is 0.242 e. The van der Waals surface area contributed by atoms with Gasteiger partial charge in [-0.25, -0.2) is 8.42 Å². The van der Waals surface area contributed by atoms with Gasteiger partial charge in [0.05, 0.1) is 11.9 Å². The van der Waals surface area contributed by atoms with E-state index in [9.17, 15) is 18.0 Å². The Hall–Kier alpha value is -2.58. The number of rotatable bonds is 13. The fraction of sp³-hybridized carbons (Fsp3) is 0.462. The molecule has 2 amide bonds. The number of hydrogen-bond donors (Lipinski definition) is 1. The van der Waals surface area contributed by atoms with Crippen molar-refractivity contribution in [2.24, 2.45) is 0 Å². The molecule has 35 heavy (non-hydrogen) atoms. The van der Waals surface area contributed by atoms with Crippen molar-refractivity contribution in [3.63, 3.8) is 0 Å². The predicted octanol–water partition coefficient (Wildman–Crippen LogP) is 4.53. The van der Waals surface area contributed by atoms with Gasteiger partial charge in [-0.1, -0.05) is 61.8 Å². The van der Waals surface area contributed by atoms with Crippen LogP contribution in [0.5, 0.6) is 0 Å². The smallest absolute Gasteiger partial charge is 0.242 e. The lowest BCUT2D eigenvalue weighted by Crippen LogP contribution is -2.49. The van der Waals surface area contributed by atoms with Crippen molar-refractivity contribution < 1.29 is 18.0 Å². The minimum absolute atomic E-state index is 0.0971. The second kappa shape index (κ2) is 13.5. The standard InChI is InChI=1S/C26H36ClN3O4S/c1-5-17-28-26(32)23(6-2)29(19-21-13-8-9-14-22(21)27)25(31)16-11-18-30(35(4,33)34)24-15-10-7-12-20(24)3/h7-10,12-15,23H,5-6,11,16-19H2,1-4H3,(H,28,32). The number of halogens is 1. The summed E-state index contributed by atoms with van der Waals surface area (Å²) in [5, 5.41) is 3.41. The topological polar surface area (TPSA) is 86.8 Å². The molecule has 9 heteroatoms. The van der Waals surface area contributed by atoms with Crippen LogP contribution < -0.4 is 9.62 Å². The Labute approximate surface area is 214 Å². The van der Waals surface area contributed by atoms with Crippen LogP contribution in [0.2, 0.25) is 5.02 Å². The van der Waals surface area contributed by atoms with Crippen LogP contribution in [0, 0.1) is 6.92 Å². The molecule has 0 spiro atoms. The molecule has 0 fully saturated rings. The average Bonchev–Trinajstić information content (AvgIpc) is 2.81. The summed E-state index contributed by atoms with van der Waals surface area (Å²) in [6, 6.07) is 13.8. The fourth-order valence-corrected chi connectivity index (χ4v) is 5.14. The molecular weight excluding hydrogens is 486 g/mol. The Balaban J connectivity index is 2.22. The minimum Gasteiger partial charge on any atom is -0.354 e. The molecule has 7 nitrogen and oxygen atoms in total. The minimum atomic E-state index is -3.53. The first-order chi connectivity index (χ1) is 16.6. The van der Waals surface area contributed by atoms with E-state index in [1.54, 1.807) is 23.1 Å². The molecule has 2 rings (SSSR count). The number of amides is 2. The van der Waals surface area contributed by atoms with Crippen LogP contribution in [0.25, 0.3) is 0 Å². The number of para-hydroxylation sites is 1. The molecular formula is C26H36ClN3O4S. The van der Waals surface area contributed by atoms with Gasteiger partial charge in [-0.05, 0) is 49.4 Å². The number of carbonyl (C=O) groups is 2. The number of carbonyl (C=O) groups excluding carboxylic acids is 2. The highest BCUT2D eigenvalue weighted by atomic mass is 35.5. The van der Waals surface area contributed by atoms with Gasteiger partial charge in [-0.2, -0.15) is 0 Å². The van der Waals surface area contributed by atoms with E-state index in [2.05, 4.69) is 5.32 Å². The molecule has 0 aliphatic carbocycles. The van der Waals surface area contributed by atoms with Gasteiger partial charge < -0.3 is 10.2 Å². The summed E-state index contributed by atoms with van der Waals surface area (Å²) in [5.74, 6) is -0.422. The van der Waals surface area contributed by atoms with Crippen LogP contribution in [0.15, 0.2) is 48.5 Å². The van der Waals surface area contributed by atoms with Gasteiger partial charge in [-0.3, -0.25) is 13.9 Å². The highest BCUT2D eigenvalue weighted by molar-refractivity contribution is 7.92. The van der Waals surface area contributed by atoms with E-state index in [4.69, 9.17) is 11.6 Å². The molecule has 0 saturated carbocycles. The van der Waals surface area contributed by atoms with Crippen molar-refractivity contribution in [1.29, 1.82) is 0 Å². The average molecular weight is 522 g/mol. The second-order valence-electron chi connectivity index (χ2n) is 8.55. The third-order valence-corrected chi connectivity index (χ3v) is 7.32. The Morgan fingerprint density at radius 3 is 2.31 bits per heavy atom. The summed E-state index contributed by atoms with van der Waals surface area (Å²) in [7, 11) is -3.53. The normalized spacial score (nSPS) is 12.1. The third kappa shape index (κ3) is 8.25. The number of sulfonamides is 1. The Kier molecular flexibility index (Phi) is 11.0. The van der Waals surface area contributed by atoms with Crippen molar-refractivity contribution in [3.05, 3.63) is 64.7 Å². The van der Waals surface area contributed by atoms with Gasteiger partial charge in [0.1, 0.15) is 6.04 Å². The first-order valence-corrected chi connectivity index (χ1v) is 14.2. The number of aryl methyl sites for hydroxylation is 1. The molecule has 0 aliphatic rings. The quantitative estimate of drug-likeness (QED) is 0.419. The summed E-state index contributed by atoms with van der Waals surface area (Å²) < 4.78 is 26.3. The molecule has 0 aromatic heterocycles. The van der Waals surface area contributed by atoms with Crippen LogP contribution in [0.3, 0.4) is 0 Å². The van der Waals surface area contributed by atoms with Gasteiger partial charge in [-0.15, -0.1) is 0 Å². The monoisotopic (exact) mass is 521 g/mol. The Morgan fingerprint density at radius 1 is 1.06 bits per heavy atom. The van der Waals surface area contributed by atoms with E-state index < -0.39 is 16.1 Å². The van der Waals surface area contributed by atoms with E-state index in [0.717, 1.165) is 23.8 Å². The van der Waals surface area contributed by atoms with Crippen molar-refractivity contribution in [2.45, 2.75) is 59.0 Å². The number of nitrogens with one attached hydrogen (secondary N) is 1. The zero-order valence-corrected chi connectivity index (χ0v) is 22.5. The number of hydrogen-bond acceptors (Lipinski definition) is 4. The molecule has 192 valence electrons. The van der Waals surface area contributed by atoms with E-state index in [1.807, 2.05) is 51.1 Å². The fourth-order valence-electron chi connectivity index (χ4n) is 3.92. The van der Waals surface area contributed by atoms with Crippen LogP contribution in [0.1, 0.15) is 50.7 Å². The van der Waals surface area contributed by atoms with Crippen molar-refractivity contribution in [1.82, 2.24) is 10.2 Å². The zero-order valence-electron chi connectivity index (χ0n) is 21.0. The summed E-state index contributed by atoms with van der Waals surface area (Å²) in [4.78, 5) is 27.8. The lowest BCUT2D eigenvalue weighted by atomic mass is 10.1. The lowest BCUT2D eigenvalue weighted by molar-refractivity contribution is -0.141. The van der Waals surface area contributed by atoms with Gasteiger partial charge in [0.25, 0.3) is 0 Å². The highest BCUT2D eigenvalue weighted by Crippen LogP contribution is 2.24. The van der Waals surface area contributed by atoms with Gasteiger partial charge in [0, 0.05) is 31.1 Å². The molecule has 0 bridgehead atoms. The second-order valence-corrected chi connectivity index (χ2v) is 10.9. The van der Waals surface area contributed by atoms with Gasteiger partial charge in [0.2, 0.25) is 21.8 Å². The Bertz CT molecular complexity index is 1110. The molecule has 1 unspecified atom stereocenters. The SMILES string of the molecule is CCCNC(=O)C(CC)N(Cc1ccccc1Cl)C(=O)CCCN(c1ccccc1C)S(C)(=O)=O. The van der Waals surface area contributed by atoms with E-state index in [1.165, 1.54) is 4.31 Å². The van der Waals surface area contributed by atoms with Gasteiger partial charge in [0.15, 0.2) is 0 Å². The molecule has 0 aliphatic heterocycles. The van der Waals surface area contributed by atoms with E-state index in [0.29, 0.717) is 30.1 Å². The number of anilines is 1. The molecule has 1 atom stereocenters. The van der Waals surface area contributed by atoms with Crippen molar-refractivity contribution in [2.75, 3.05) is 23.7 Å². The number of benzene rings is 2.